The molecule has 0 bridgehead atoms. The van der Waals surface area contributed by atoms with Crippen LogP contribution in [0.4, 0.5) is 4.79 Å². The molecule has 1 aromatic carbocycles. The molecule has 38 heavy (non-hydrogen) atoms. The first-order chi connectivity index (χ1) is 18.0. The molecular formula is C26H30N4O7Si. The lowest BCUT2D eigenvalue weighted by Gasteiger charge is -2.25. The van der Waals surface area contributed by atoms with Gasteiger partial charge in [-0.1, -0.05) is 19.6 Å². The number of nitrogens with one attached hydrogen (secondary N) is 1. The van der Waals surface area contributed by atoms with Gasteiger partial charge in [0.25, 0.3) is 11.4 Å². The number of aromatic hydroxyl groups is 1. The molecule has 4 aromatic rings. The molecule has 1 aliphatic rings. The predicted octanol–water partition coefficient (Wildman–Crippen LogP) is 3.49. The number of fused-ring (bicyclic) bond motifs is 2. The van der Waals surface area contributed by atoms with Crippen LogP contribution in [0, 0.1) is 5.21 Å². The van der Waals surface area contributed by atoms with Gasteiger partial charge in [0.05, 0.1) is 19.7 Å². The molecule has 0 aliphatic carbocycles. The van der Waals surface area contributed by atoms with Gasteiger partial charge in [-0.25, -0.2) is 9.69 Å². The molecule has 11 nitrogen and oxygen atoms in total. The zero-order chi connectivity index (χ0) is 27.2. The first-order valence-electron chi connectivity index (χ1n) is 12.2. The number of rotatable bonds is 9. The number of methoxy groups -OCH3 is 1. The molecule has 3 aromatic heterocycles. The predicted molar refractivity (Wildman–Crippen MR) is 141 cm³/mol. The van der Waals surface area contributed by atoms with Crippen molar-refractivity contribution in [1.82, 2.24) is 14.8 Å². The number of urea groups is 1. The number of benzene rings is 1. The van der Waals surface area contributed by atoms with Crippen molar-refractivity contribution < 1.29 is 33.3 Å². The SMILES string of the molecule is COc1ccc2cn(C[C@@]3(c4cc5c(ccc[n+]5[O-])o4)NC(=O)N(COCC[Si](C)(C)C)C3=O)c(O)c2c1. The number of pyridine rings is 1. The Labute approximate surface area is 219 Å². The summed E-state index contributed by atoms with van der Waals surface area (Å²) in [6.45, 7) is 6.64. The van der Waals surface area contributed by atoms with E-state index >= 15 is 0 Å². The maximum atomic E-state index is 13.9. The van der Waals surface area contributed by atoms with E-state index in [4.69, 9.17) is 13.9 Å². The molecule has 2 N–H and O–H groups in total. The third-order valence-corrected chi connectivity index (χ3v) is 8.44. The number of hydrogen-bond donors (Lipinski definition) is 2. The monoisotopic (exact) mass is 538 g/mol. The van der Waals surface area contributed by atoms with Gasteiger partial charge in [-0.05, 0) is 30.3 Å². The Bertz CT molecular complexity index is 1540. The second kappa shape index (κ2) is 9.37. The zero-order valence-electron chi connectivity index (χ0n) is 21.7. The number of furan rings is 1. The zero-order valence-corrected chi connectivity index (χ0v) is 22.7. The second-order valence-electron chi connectivity index (χ2n) is 10.6. The number of carbonyl (C=O) groups excluding carboxylic acids is 2. The molecule has 0 spiro atoms. The van der Waals surface area contributed by atoms with E-state index in [1.54, 1.807) is 30.5 Å². The Morgan fingerprint density at radius 3 is 2.71 bits per heavy atom. The molecular weight excluding hydrogens is 508 g/mol. The lowest BCUT2D eigenvalue weighted by Crippen LogP contribution is -2.47. The van der Waals surface area contributed by atoms with Crippen LogP contribution in [0.2, 0.25) is 25.7 Å². The Kier molecular flexibility index (Phi) is 6.31. The van der Waals surface area contributed by atoms with Gasteiger partial charge in [-0.15, -0.1) is 0 Å². The van der Waals surface area contributed by atoms with Crippen LogP contribution < -0.4 is 14.8 Å². The fourth-order valence-electron chi connectivity index (χ4n) is 4.54. The van der Waals surface area contributed by atoms with Gasteiger partial charge in [-0.3, -0.25) is 4.79 Å². The summed E-state index contributed by atoms with van der Waals surface area (Å²) in [5.41, 5.74) is -1.27. The quantitative estimate of drug-likeness (QED) is 0.110. The third kappa shape index (κ3) is 4.45. The van der Waals surface area contributed by atoms with E-state index in [0.717, 1.165) is 10.9 Å². The molecule has 0 radical (unpaired) electrons. The maximum Gasteiger partial charge on any atom is 0.327 e. The fraction of sp³-hybridized carbons (Fsp3) is 0.346. The summed E-state index contributed by atoms with van der Waals surface area (Å²) in [6.07, 6.45) is 2.99. The molecule has 1 fully saturated rings. The maximum absolute atomic E-state index is 13.9. The van der Waals surface area contributed by atoms with Crippen molar-refractivity contribution in [3.8, 4) is 11.6 Å². The standard InChI is InChI=1S/C26H30N4O7Si/c1-35-18-8-7-17-14-28(23(31)19(17)12-18)15-26(22-13-20-21(37-22)6-5-9-30(20)34)24(32)29(25(33)27-26)16-36-10-11-38(2,3)4/h5-9,12-14,31H,10-11,15-16H2,1-4H3,(H,27,33)/t26-/m0/s1. The highest BCUT2D eigenvalue weighted by Crippen LogP contribution is 2.38. The van der Waals surface area contributed by atoms with Crippen LogP contribution in [-0.2, 0) is 21.6 Å². The highest BCUT2D eigenvalue weighted by Gasteiger charge is 2.56. The molecule has 12 heteroatoms. The molecule has 3 amide bonds. The average Bonchev–Trinajstić information content (AvgIpc) is 3.51. The number of ether oxygens (including phenoxy) is 2. The molecule has 200 valence electrons. The Hall–Kier alpha value is -4.03. The van der Waals surface area contributed by atoms with E-state index in [9.17, 15) is 19.9 Å². The number of hydrogen-bond acceptors (Lipinski definition) is 7. The molecule has 1 atom stereocenters. The average molecular weight is 539 g/mol. The summed E-state index contributed by atoms with van der Waals surface area (Å²) >= 11 is 0. The van der Waals surface area contributed by atoms with Gasteiger partial charge in [0.15, 0.2) is 23.2 Å². The molecule has 0 saturated carbocycles. The summed E-state index contributed by atoms with van der Waals surface area (Å²) < 4.78 is 19.0. The van der Waals surface area contributed by atoms with E-state index < -0.39 is 25.6 Å². The molecule has 0 unspecified atom stereocenters. The van der Waals surface area contributed by atoms with Crippen molar-refractivity contribution in [1.29, 1.82) is 0 Å². The second-order valence-corrected chi connectivity index (χ2v) is 16.3. The lowest BCUT2D eigenvalue weighted by molar-refractivity contribution is -0.577. The van der Waals surface area contributed by atoms with Crippen molar-refractivity contribution in [2.45, 2.75) is 37.8 Å². The van der Waals surface area contributed by atoms with Crippen LogP contribution in [0.1, 0.15) is 5.76 Å². The number of carbonyl (C=O) groups is 2. The van der Waals surface area contributed by atoms with Crippen LogP contribution in [-0.4, -0.2) is 55.0 Å². The topological polar surface area (TPSA) is 133 Å². The van der Waals surface area contributed by atoms with Gasteiger partial charge in [0.1, 0.15) is 18.2 Å². The van der Waals surface area contributed by atoms with Crippen molar-refractivity contribution in [3.05, 3.63) is 59.8 Å². The van der Waals surface area contributed by atoms with E-state index in [1.165, 1.54) is 30.0 Å². The Morgan fingerprint density at radius 2 is 2.00 bits per heavy atom. The summed E-state index contributed by atoms with van der Waals surface area (Å²) in [5.74, 6) is -0.0904. The van der Waals surface area contributed by atoms with E-state index in [1.807, 2.05) is 0 Å². The van der Waals surface area contributed by atoms with Crippen molar-refractivity contribution >= 4 is 41.9 Å². The van der Waals surface area contributed by atoms with Gasteiger partial charge >= 0.3 is 6.03 Å². The summed E-state index contributed by atoms with van der Waals surface area (Å²) in [5, 5.41) is 27.4. The number of nitrogens with zero attached hydrogens (tertiary/aromatic N) is 3. The summed E-state index contributed by atoms with van der Waals surface area (Å²) in [7, 11) is 0.159. The Balaban J connectivity index is 1.55. The van der Waals surface area contributed by atoms with Crippen molar-refractivity contribution in [3.63, 3.8) is 0 Å². The van der Waals surface area contributed by atoms with E-state index in [-0.39, 0.29) is 36.0 Å². The number of aromatic nitrogens is 2. The first-order valence-corrected chi connectivity index (χ1v) is 15.9. The van der Waals surface area contributed by atoms with Crippen LogP contribution in [0.5, 0.6) is 11.6 Å². The smallest absolute Gasteiger partial charge is 0.327 e. The highest BCUT2D eigenvalue weighted by atomic mass is 28.3. The van der Waals surface area contributed by atoms with Gasteiger partial charge < -0.3 is 34.1 Å². The minimum atomic E-state index is -1.73. The van der Waals surface area contributed by atoms with Crippen LogP contribution >= 0.6 is 0 Å². The summed E-state index contributed by atoms with van der Waals surface area (Å²) in [4.78, 5) is 28.0. The van der Waals surface area contributed by atoms with Gasteiger partial charge in [-0.2, -0.15) is 4.73 Å². The first kappa shape index (κ1) is 25.6. The van der Waals surface area contributed by atoms with E-state index in [2.05, 4.69) is 25.0 Å². The molecule has 1 saturated heterocycles. The molecule has 5 rings (SSSR count). The molecule has 1 aliphatic heterocycles. The van der Waals surface area contributed by atoms with Crippen molar-refractivity contribution in [2.24, 2.45) is 0 Å². The minimum Gasteiger partial charge on any atom is -0.618 e. The minimum absolute atomic E-state index is 0.0704. The van der Waals surface area contributed by atoms with Crippen LogP contribution in [0.15, 0.2) is 53.2 Å². The van der Waals surface area contributed by atoms with Gasteiger partial charge in [0, 0.05) is 37.7 Å². The Morgan fingerprint density at radius 1 is 1.21 bits per heavy atom. The van der Waals surface area contributed by atoms with Crippen LogP contribution in [0.3, 0.4) is 0 Å². The lowest BCUT2D eigenvalue weighted by atomic mass is 9.95. The summed E-state index contributed by atoms with van der Waals surface area (Å²) in [6, 6.07) is 10.0. The number of amides is 3. The van der Waals surface area contributed by atoms with Gasteiger partial charge in [0.2, 0.25) is 0 Å². The highest BCUT2D eigenvalue weighted by molar-refractivity contribution is 6.76. The fourth-order valence-corrected chi connectivity index (χ4v) is 5.30. The largest absolute Gasteiger partial charge is 0.618 e. The van der Waals surface area contributed by atoms with E-state index in [0.29, 0.717) is 27.9 Å². The van der Waals surface area contributed by atoms with Crippen LogP contribution in [0.25, 0.3) is 21.9 Å². The number of imide groups is 1. The third-order valence-electron chi connectivity index (χ3n) is 6.74. The molecule has 4 heterocycles. The van der Waals surface area contributed by atoms with Crippen molar-refractivity contribution in [2.75, 3.05) is 20.4 Å². The normalized spacial score (nSPS) is 18.1.